The third kappa shape index (κ3) is 6.94. The lowest BCUT2D eigenvalue weighted by molar-refractivity contribution is -0.00545. The summed E-state index contributed by atoms with van der Waals surface area (Å²) in [4.78, 5) is 11.6. The van der Waals surface area contributed by atoms with E-state index in [1.165, 1.54) is 0 Å². The van der Waals surface area contributed by atoms with E-state index < -0.39 is 0 Å². The Morgan fingerprint density at radius 1 is 1.16 bits per heavy atom. The van der Waals surface area contributed by atoms with Gasteiger partial charge in [0.05, 0.1) is 25.4 Å². The van der Waals surface area contributed by atoms with Crippen LogP contribution >= 0.6 is 0 Å². The number of morpholine rings is 1. The van der Waals surface area contributed by atoms with Crippen LogP contribution in [0.3, 0.4) is 0 Å². The molecule has 0 spiro atoms. The van der Waals surface area contributed by atoms with Gasteiger partial charge in [-0.25, -0.2) is 9.98 Å². The fraction of sp³-hybridized carbons (Fsp3) is 0.500. The van der Waals surface area contributed by atoms with Gasteiger partial charge in [0, 0.05) is 38.3 Å². The molecule has 0 amide bonds. The van der Waals surface area contributed by atoms with Crippen LogP contribution in [0.1, 0.15) is 37.8 Å². The van der Waals surface area contributed by atoms with Crippen molar-refractivity contribution in [2.24, 2.45) is 4.99 Å². The molecule has 7 heteroatoms. The second kappa shape index (κ2) is 11.7. The summed E-state index contributed by atoms with van der Waals surface area (Å²) in [6, 6.07) is 14.2. The van der Waals surface area contributed by atoms with E-state index in [0.29, 0.717) is 13.1 Å². The molecule has 3 N–H and O–H groups in total. The number of nitrogens with zero attached hydrogens (tertiary/aromatic N) is 3. The van der Waals surface area contributed by atoms with Crippen molar-refractivity contribution in [3.05, 3.63) is 59.8 Å². The number of nitrogens with one attached hydrogen (secondary N) is 2. The van der Waals surface area contributed by atoms with Crippen LogP contribution in [0.2, 0.25) is 0 Å². The molecular formula is C24H35N5O2. The van der Waals surface area contributed by atoms with Crippen molar-refractivity contribution in [2.75, 3.05) is 37.7 Å². The van der Waals surface area contributed by atoms with E-state index in [4.69, 9.17) is 4.74 Å². The van der Waals surface area contributed by atoms with Gasteiger partial charge >= 0.3 is 0 Å². The molecule has 3 unspecified atom stereocenters. The van der Waals surface area contributed by atoms with Gasteiger partial charge in [0.25, 0.3) is 0 Å². The summed E-state index contributed by atoms with van der Waals surface area (Å²) < 4.78 is 5.81. The number of anilines is 1. The summed E-state index contributed by atoms with van der Waals surface area (Å²) in [7, 11) is 0. The first-order valence-corrected chi connectivity index (χ1v) is 11.1. The number of ether oxygens (including phenoxy) is 1. The van der Waals surface area contributed by atoms with E-state index in [0.717, 1.165) is 42.5 Å². The molecule has 7 nitrogen and oxygen atoms in total. The standard InChI is InChI=1S/C24H35N5O2/c1-4-25-24(28-14-22(17-30)21-8-6-5-7-9-21)27-13-20-10-11-23(26-12-20)29-15-18(2)31-19(3)16-29/h5-12,18-19,22,30H,4,13-17H2,1-3H3,(H2,25,27,28). The van der Waals surface area contributed by atoms with Crippen LogP contribution in [-0.2, 0) is 11.3 Å². The molecule has 0 aliphatic carbocycles. The molecule has 3 rings (SSSR count). The molecule has 1 aliphatic heterocycles. The molecule has 1 saturated heterocycles. The predicted octanol–water partition coefficient (Wildman–Crippen LogP) is 2.53. The Hall–Kier alpha value is -2.64. The van der Waals surface area contributed by atoms with Gasteiger partial charge < -0.3 is 25.4 Å². The first-order chi connectivity index (χ1) is 15.1. The Labute approximate surface area is 185 Å². The van der Waals surface area contributed by atoms with Gasteiger partial charge in [-0.1, -0.05) is 36.4 Å². The molecule has 0 radical (unpaired) electrons. The van der Waals surface area contributed by atoms with Crippen molar-refractivity contribution in [1.82, 2.24) is 15.6 Å². The fourth-order valence-corrected chi connectivity index (χ4v) is 3.81. The molecule has 1 aromatic carbocycles. The summed E-state index contributed by atoms with van der Waals surface area (Å²) >= 11 is 0. The highest BCUT2D eigenvalue weighted by molar-refractivity contribution is 5.79. The smallest absolute Gasteiger partial charge is 0.191 e. The van der Waals surface area contributed by atoms with Gasteiger partial charge in [-0.05, 0) is 38.0 Å². The number of hydrogen-bond donors (Lipinski definition) is 3. The van der Waals surface area contributed by atoms with Gasteiger partial charge in [-0.2, -0.15) is 0 Å². The van der Waals surface area contributed by atoms with Crippen LogP contribution in [0.15, 0.2) is 53.7 Å². The minimum absolute atomic E-state index is 0.0179. The average Bonchev–Trinajstić information content (AvgIpc) is 2.78. The maximum absolute atomic E-state index is 9.78. The van der Waals surface area contributed by atoms with Crippen LogP contribution in [0.5, 0.6) is 0 Å². The number of pyridine rings is 1. The maximum Gasteiger partial charge on any atom is 0.191 e. The first kappa shape index (κ1) is 23.0. The van der Waals surface area contributed by atoms with Crippen LogP contribution < -0.4 is 15.5 Å². The second-order valence-corrected chi connectivity index (χ2v) is 8.05. The van der Waals surface area contributed by atoms with Crippen LogP contribution in [-0.4, -0.2) is 61.0 Å². The lowest BCUT2D eigenvalue weighted by atomic mass is 10.0. The Morgan fingerprint density at radius 3 is 2.52 bits per heavy atom. The molecule has 0 saturated carbocycles. The molecular weight excluding hydrogens is 390 g/mol. The molecule has 1 aliphatic rings. The van der Waals surface area contributed by atoms with Crippen molar-refractivity contribution >= 4 is 11.8 Å². The summed E-state index contributed by atoms with van der Waals surface area (Å²) in [6.07, 6.45) is 2.32. The number of aliphatic imine (C=N–C) groups is 1. The van der Waals surface area contributed by atoms with Crippen LogP contribution in [0, 0.1) is 0 Å². The molecule has 1 fully saturated rings. The summed E-state index contributed by atoms with van der Waals surface area (Å²) in [5.74, 6) is 1.73. The average molecular weight is 426 g/mol. The number of aliphatic hydroxyl groups is 1. The van der Waals surface area contributed by atoms with Crippen molar-refractivity contribution in [1.29, 1.82) is 0 Å². The lowest BCUT2D eigenvalue weighted by Crippen LogP contribution is -2.45. The zero-order chi connectivity index (χ0) is 22.1. The van der Waals surface area contributed by atoms with Crippen LogP contribution in [0.25, 0.3) is 0 Å². The van der Waals surface area contributed by atoms with Crippen molar-refractivity contribution < 1.29 is 9.84 Å². The number of hydrogen-bond acceptors (Lipinski definition) is 5. The van der Waals surface area contributed by atoms with E-state index >= 15 is 0 Å². The highest BCUT2D eigenvalue weighted by Gasteiger charge is 2.22. The number of aromatic nitrogens is 1. The van der Waals surface area contributed by atoms with Gasteiger partial charge in [0.1, 0.15) is 5.82 Å². The van der Waals surface area contributed by atoms with E-state index in [-0.39, 0.29) is 24.7 Å². The zero-order valence-corrected chi connectivity index (χ0v) is 18.8. The molecule has 0 bridgehead atoms. The Bertz CT molecular complexity index is 802. The summed E-state index contributed by atoms with van der Waals surface area (Å²) in [6.45, 7) is 9.95. The number of benzene rings is 1. The quantitative estimate of drug-likeness (QED) is 0.445. The van der Waals surface area contributed by atoms with Crippen LogP contribution in [0.4, 0.5) is 5.82 Å². The summed E-state index contributed by atoms with van der Waals surface area (Å²) in [5, 5.41) is 16.4. The van der Waals surface area contributed by atoms with E-state index in [2.05, 4.69) is 51.5 Å². The predicted molar refractivity (Wildman–Crippen MR) is 126 cm³/mol. The molecule has 168 valence electrons. The minimum Gasteiger partial charge on any atom is -0.396 e. The monoisotopic (exact) mass is 425 g/mol. The summed E-state index contributed by atoms with van der Waals surface area (Å²) in [5.41, 5.74) is 2.16. The van der Waals surface area contributed by atoms with E-state index in [9.17, 15) is 5.11 Å². The number of rotatable bonds is 8. The normalized spacial score (nSPS) is 20.4. The molecule has 3 atom stereocenters. The molecule has 2 aromatic rings. The zero-order valence-electron chi connectivity index (χ0n) is 18.8. The molecule has 31 heavy (non-hydrogen) atoms. The van der Waals surface area contributed by atoms with Crippen molar-refractivity contribution in [2.45, 2.75) is 45.4 Å². The molecule has 2 heterocycles. The van der Waals surface area contributed by atoms with Gasteiger partial charge in [-0.3, -0.25) is 0 Å². The third-order valence-electron chi connectivity index (χ3n) is 5.32. The molecule has 1 aromatic heterocycles. The van der Waals surface area contributed by atoms with Gasteiger partial charge in [0.15, 0.2) is 5.96 Å². The Kier molecular flexibility index (Phi) is 8.67. The minimum atomic E-state index is 0.0179. The Morgan fingerprint density at radius 2 is 1.90 bits per heavy atom. The number of aliphatic hydroxyl groups excluding tert-OH is 1. The van der Waals surface area contributed by atoms with Crippen molar-refractivity contribution in [3.8, 4) is 0 Å². The largest absolute Gasteiger partial charge is 0.396 e. The topological polar surface area (TPSA) is 82.0 Å². The fourth-order valence-electron chi connectivity index (χ4n) is 3.81. The van der Waals surface area contributed by atoms with E-state index in [1.807, 2.05) is 43.5 Å². The highest BCUT2D eigenvalue weighted by Crippen LogP contribution is 2.18. The van der Waals surface area contributed by atoms with Gasteiger partial charge in [-0.15, -0.1) is 0 Å². The maximum atomic E-state index is 9.78. The van der Waals surface area contributed by atoms with E-state index in [1.54, 1.807) is 0 Å². The third-order valence-corrected chi connectivity index (χ3v) is 5.32. The van der Waals surface area contributed by atoms with Gasteiger partial charge in [0.2, 0.25) is 0 Å². The Balaban J connectivity index is 1.58. The number of guanidine groups is 1. The first-order valence-electron chi connectivity index (χ1n) is 11.1. The highest BCUT2D eigenvalue weighted by atomic mass is 16.5. The lowest BCUT2D eigenvalue weighted by Gasteiger charge is -2.36. The SMILES string of the molecule is CCNC(=NCc1ccc(N2CC(C)OC(C)C2)nc1)NCC(CO)c1ccccc1. The van der Waals surface area contributed by atoms with Crippen molar-refractivity contribution in [3.63, 3.8) is 0 Å². The second-order valence-electron chi connectivity index (χ2n) is 8.05.